The highest BCUT2D eigenvalue weighted by Gasteiger charge is 2.35. The third-order valence-electron chi connectivity index (χ3n) is 5.51. The van der Waals surface area contributed by atoms with Crippen molar-refractivity contribution in [1.29, 1.82) is 0 Å². The molecule has 7 heteroatoms. The van der Waals surface area contributed by atoms with Crippen molar-refractivity contribution < 1.29 is 14.4 Å². The molecule has 7 nitrogen and oxygen atoms in total. The number of ketones is 1. The van der Waals surface area contributed by atoms with E-state index in [1.807, 2.05) is 6.92 Å². The molecule has 0 unspecified atom stereocenters. The zero-order chi connectivity index (χ0) is 19.8. The van der Waals surface area contributed by atoms with Gasteiger partial charge in [0.15, 0.2) is 5.78 Å². The van der Waals surface area contributed by atoms with E-state index in [-0.39, 0.29) is 35.3 Å². The third kappa shape index (κ3) is 3.28. The van der Waals surface area contributed by atoms with E-state index in [1.165, 1.54) is 6.20 Å². The standard InChI is InChI=1S/C21H22N4O3/c1-12-10-25(11-18(12)24-20(27)17-9-22-8-13(2)23-17)21(28)16-5-3-4-15-14(16)6-7-19(15)26/h3-5,8-9,12,18H,6-7,10-11H2,1-2H3,(H,24,27)/t12-,18-/m1/s1. The number of carbonyl (C=O) groups excluding carboxylic acids is 3. The number of rotatable bonds is 3. The molecular weight excluding hydrogens is 356 g/mol. The van der Waals surface area contributed by atoms with E-state index in [4.69, 9.17) is 0 Å². The molecule has 1 N–H and O–H groups in total. The van der Waals surface area contributed by atoms with Gasteiger partial charge in [0.05, 0.1) is 17.9 Å². The summed E-state index contributed by atoms with van der Waals surface area (Å²) in [7, 11) is 0. The molecule has 1 aliphatic heterocycles. The maximum atomic E-state index is 13.1. The quantitative estimate of drug-likeness (QED) is 0.879. The molecule has 1 aliphatic carbocycles. The highest BCUT2D eigenvalue weighted by atomic mass is 16.2. The van der Waals surface area contributed by atoms with Gasteiger partial charge in [-0.05, 0) is 30.9 Å². The Morgan fingerprint density at radius 1 is 1.18 bits per heavy atom. The van der Waals surface area contributed by atoms with Crippen LogP contribution < -0.4 is 5.32 Å². The minimum Gasteiger partial charge on any atom is -0.346 e. The van der Waals surface area contributed by atoms with Crippen LogP contribution in [0.15, 0.2) is 30.6 Å². The Hall–Kier alpha value is -3.09. The number of benzene rings is 1. The summed E-state index contributed by atoms with van der Waals surface area (Å²) in [5.41, 5.74) is 3.08. The molecule has 1 aromatic carbocycles. The van der Waals surface area contributed by atoms with Crippen molar-refractivity contribution in [2.75, 3.05) is 13.1 Å². The summed E-state index contributed by atoms with van der Waals surface area (Å²) < 4.78 is 0. The molecule has 2 heterocycles. The summed E-state index contributed by atoms with van der Waals surface area (Å²) in [6.07, 6.45) is 4.12. The molecule has 4 rings (SSSR count). The van der Waals surface area contributed by atoms with Crippen molar-refractivity contribution in [3.63, 3.8) is 0 Å². The van der Waals surface area contributed by atoms with Gasteiger partial charge >= 0.3 is 0 Å². The molecule has 0 saturated carbocycles. The molecule has 1 aromatic heterocycles. The third-order valence-corrected chi connectivity index (χ3v) is 5.51. The molecule has 28 heavy (non-hydrogen) atoms. The lowest BCUT2D eigenvalue weighted by molar-refractivity contribution is 0.0780. The van der Waals surface area contributed by atoms with Crippen LogP contribution in [-0.4, -0.2) is 51.6 Å². The van der Waals surface area contributed by atoms with Gasteiger partial charge in [0, 0.05) is 36.8 Å². The van der Waals surface area contributed by atoms with E-state index < -0.39 is 0 Å². The molecular formula is C21H22N4O3. The van der Waals surface area contributed by atoms with Gasteiger partial charge in [0.1, 0.15) is 5.69 Å². The number of nitrogens with one attached hydrogen (secondary N) is 1. The van der Waals surface area contributed by atoms with Crippen molar-refractivity contribution in [1.82, 2.24) is 20.2 Å². The molecule has 2 aromatic rings. The topological polar surface area (TPSA) is 92.3 Å². The first-order valence-corrected chi connectivity index (χ1v) is 9.48. The van der Waals surface area contributed by atoms with Crippen molar-refractivity contribution in [2.24, 2.45) is 5.92 Å². The van der Waals surface area contributed by atoms with Crippen LogP contribution in [0.1, 0.15) is 55.8 Å². The van der Waals surface area contributed by atoms with Crippen molar-refractivity contribution in [2.45, 2.75) is 32.7 Å². The Labute approximate surface area is 163 Å². The lowest BCUT2D eigenvalue weighted by Crippen LogP contribution is -2.41. The molecule has 1 fully saturated rings. The first-order chi connectivity index (χ1) is 13.4. The largest absolute Gasteiger partial charge is 0.346 e. The smallest absolute Gasteiger partial charge is 0.271 e. The van der Waals surface area contributed by atoms with E-state index >= 15 is 0 Å². The predicted octanol–water partition coefficient (Wildman–Crippen LogP) is 1.80. The van der Waals surface area contributed by atoms with Gasteiger partial charge in [-0.2, -0.15) is 0 Å². The molecule has 1 saturated heterocycles. The van der Waals surface area contributed by atoms with Gasteiger partial charge in [-0.15, -0.1) is 0 Å². The average molecular weight is 378 g/mol. The van der Waals surface area contributed by atoms with Crippen LogP contribution in [0.3, 0.4) is 0 Å². The molecule has 0 radical (unpaired) electrons. The first kappa shape index (κ1) is 18.3. The second kappa shape index (κ2) is 7.14. The minimum atomic E-state index is -0.284. The molecule has 2 amide bonds. The number of carbonyl (C=O) groups is 3. The normalized spacial score (nSPS) is 20.9. The number of fused-ring (bicyclic) bond motifs is 1. The van der Waals surface area contributed by atoms with Gasteiger partial charge in [0.25, 0.3) is 11.8 Å². The van der Waals surface area contributed by atoms with Crippen molar-refractivity contribution in [3.05, 3.63) is 58.7 Å². The summed E-state index contributed by atoms with van der Waals surface area (Å²) in [5, 5.41) is 2.98. The number of aromatic nitrogens is 2. The van der Waals surface area contributed by atoms with Crippen molar-refractivity contribution >= 4 is 17.6 Å². The van der Waals surface area contributed by atoms with Crippen LogP contribution in [0.5, 0.6) is 0 Å². The number of aryl methyl sites for hydroxylation is 1. The molecule has 0 spiro atoms. The van der Waals surface area contributed by atoms with Crippen LogP contribution >= 0.6 is 0 Å². The van der Waals surface area contributed by atoms with E-state index in [2.05, 4.69) is 15.3 Å². The van der Waals surface area contributed by atoms with Crippen LogP contribution in [0, 0.1) is 12.8 Å². The fourth-order valence-electron chi connectivity index (χ4n) is 4.00. The summed E-state index contributed by atoms with van der Waals surface area (Å²) in [4.78, 5) is 47.5. The maximum Gasteiger partial charge on any atom is 0.271 e. The van der Waals surface area contributed by atoms with Gasteiger partial charge in [0.2, 0.25) is 0 Å². The van der Waals surface area contributed by atoms with Gasteiger partial charge < -0.3 is 10.2 Å². The number of nitrogens with zero attached hydrogens (tertiary/aromatic N) is 3. The number of hydrogen-bond donors (Lipinski definition) is 1. The minimum absolute atomic E-state index is 0.0782. The van der Waals surface area contributed by atoms with Crippen LogP contribution in [0.25, 0.3) is 0 Å². The second-order valence-corrected chi connectivity index (χ2v) is 7.57. The number of likely N-dealkylation sites (tertiary alicyclic amines) is 1. The zero-order valence-corrected chi connectivity index (χ0v) is 15.9. The number of amides is 2. The molecule has 144 valence electrons. The average Bonchev–Trinajstić information content (AvgIpc) is 3.24. The fourth-order valence-corrected chi connectivity index (χ4v) is 4.00. The SMILES string of the molecule is Cc1cncc(C(=O)N[C@@H]2CN(C(=O)c3cccc4c3CCC4=O)C[C@H]2C)n1. The van der Waals surface area contributed by atoms with E-state index in [1.54, 1.807) is 36.2 Å². The Kier molecular flexibility index (Phi) is 4.66. The van der Waals surface area contributed by atoms with Crippen LogP contribution in [-0.2, 0) is 6.42 Å². The number of Topliss-reactive ketones (excluding diaryl/α,β-unsaturated/α-hetero) is 1. The monoisotopic (exact) mass is 378 g/mol. The Morgan fingerprint density at radius 2 is 2.00 bits per heavy atom. The van der Waals surface area contributed by atoms with Gasteiger partial charge in [-0.3, -0.25) is 19.4 Å². The Bertz CT molecular complexity index is 972. The highest BCUT2D eigenvalue weighted by molar-refractivity contribution is 6.05. The predicted molar refractivity (Wildman–Crippen MR) is 102 cm³/mol. The van der Waals surface area contributed by atoms with Crippen LogP contribution in [0.4, 0.5) is 0 Å². The lowest BCUT2D eigenvalue weighted by Gasteiger charge is -2.18. The Balaban J connectivity index is 1.48. The van der Waals surface area contributed by atoms with Gasteiger partial charge in [-0.25, -0.2) is 4.98 Å². The summed E-state index contributed by atoms with van der Waals surface area (Å²) in [6, 6.07) is 5.19. The van der Waals surface area contributed by atoms with E-state index in [0.29, 0.717) is 42.8 Å². The molecule has 2 atom stereocenters. The van der Waals surface area contributed by atoms with E-state index in [0.717, 1.165) is 5.56 Å². The van der Waals surface area contributed by atoms with Gasteiger partial charge in [-0.1, -0.05) is 19.1 Å². The summed E-state index contributed by atoms with van der Waals surface area (Å²) in [5.74, 6) is -0.146. The van der Waals surface area contributed by atoms with Crippen molar-refractivity contribution in [3.8, 4) is 0 Å². The summed E-state index contributed by atoms with van der Waals surface area (Å²) >= 11 is 0. The lowest BCUT2D eigenvalue weighted by atomic mass is 10.0. The molecule has 0 bridgehead atoms. The van der Waals surface area contributed by atoms with E-state index in [9.17, 15) is 14.4 Å². The first-order valence-electron chi connectivity index (χ1n) is 9.48. The number of hydrogen-bond acceptors (Lipinski definition) is 5. The molecule has 2 aliphatic rings. The summed E-state index contributed by atoms with van der Waals surface area (Å²) in [6.45, 7) is 4.79. The highest BCUT2D eigenvalue weighted by Crippen LogP contribution is 2.28. The Morgan fingerprint density at radius 3 is 2.79 bits per heavy atom. The second-order valence-electron chi connectivity index (χ2n) is 7.57. The maximum absolute atomic E-state index is 13.1. The zero-order valence-electron chi connectivity index (χ0n) is 15.9. The van der Waals surface area contributed by atoms with Crippen LogP contribution in [0.2, 0.25) is 0 Å². The fraction of sp³-hybridized carbons (Fsp3) is 0.381.